The molecule has 6 heteroatoms. The van der Waals surface area contributed by atoms with Crippen LogP contribution in [0.5, 0.6) is 5.75 Å². The molecule has 1 unspecified atom stereocenters. The molecule has 1 aromatic carbocycles. The molecule has 136 valence electrons. The van der Waals surface area contributed by atoms with Crippen molar-refractivity contribution in [3.05, 3.63) is 23.8 Å². The number of anilines is 1. The Morgan fingerprint density at radius 1 is 1.36 bits per heavy atom. The van der Waals surface area contributed by atoms with Gasteiger partial charge in [0.05, 0.1) is 11.7 Å². The molecule has 0 saturated heterocycles. The number of carbonyl (C=O) groups excluding carboxylic acids is 2. The fourth-order valence-corrected chi connectivity index (χ4v) is 3.84. The molecular formula is C19H27N3O3. The van der Waals surface area contributed by atoms with Gasteiger partial charge in [0.1, 0.15) is 5.75 Å². The highest BCUT2D eigenvalue weighted by Crippen LogP contribution is 2.38. The number of nitrogens with one attached hydrogen (secondary N) is 2. The van der Waals surface area contributed by atoms with Gasteiger partial charge in [0.15, 0.2) is 6.61 Å². The van der Waals surface area contributed by atoms with Crippen LogP contribution in [0.15, 0.2) is 18.2 Å². The summed E-state index contributed by atoms with van der Waals surface area (Å²) in [5, 5.41) is 5.87. The molecule has 2 amide bonds. The van der Waals surface area contributed by atoms with Crippen LogP contribution in [0.25, 0.3) is 0 Å². The topological polar surface area (TPSA) is 93.5 Å². The molecule has 0 bridgehead atoms. The Bertz CT molecular complexity index is 653. The highest BCUT2D eigenvalue weighted by molar-refractivity contribution is 5.95. The minimum atomic E-state index is -0.163. The van der Waals surface area contributed by atoms with Gasteiger partial charge < -0.3 is 21.1 Å². The number of ether oxygens (including phenoxy) is 1. The second-order valence-electron chi connectivity index (χ2n) is 7.32. The summed E-state index contributed by atoms with van der Waals surface area (Å²) in [5.74, 6) is 0.535. The minimum Gasteiger partial charge on any atom is -0.482 e. The van der Waals surface area contributed by atoms with Crippen molar-refractivity contribution < 1.29 is 14.3 Å². The Morgan fingerprint density at radius 3 is 2.84 bits per heavy atom. The van der Waals surface area contributed by atoms with Crippen LogP contribution in [0.4, 0.5) is 5.69 Å². The molecule has 25 heavy (non-hydrogen) atoms. The quantitative estimate of drug-likeness (QED) is 0.764. The van der Waals surface area contributed by atoms with Crippen molar-refractivity contribution in [1.82, 2.24) is 5.32 Å². The van der Waals surface area contributed by atoms with Crippen molar-refractivity contribution in [2.45, 2.75) is 51.5 Å². The second kappa shape index (κ2) is 7.44. The van der Waals surface area contributed by atoms with Gasteiger partial charge >= 0.3 is 0 Å². The molecule has 3 rings (SSSR count). The smallest absolute Gasteiger partial charge is 0.262 e. The minimum absolute atomic E-state index is 0.0397. The van der Waals surface area contributed by atoms with Crippen molar-refractivity contribution in [3.63, 3.8) is 0 Å². The molecule has 0 radical (unpaired) electrons. The van der Waals surface area contributed by atoms with Crippen molar-refractivity contribution in [2.75, 3.05) is 18.5 Å². The third-order valence-electron chi connectivity index (χ3n) is 5.40. The monoisotopic (exact) mass is 345 g/mol. The SMILES string of the molecule is CC(NC(=O)CC1(CN)CCCCC1)c1ccc2c(c1)NC(=O)CO2. The van der Waals surface area contributed by atoms with Gasteiger partial charge in [-0.3, -0.25) is 9.59 Å². The van der Waals surface area contributed by atoms with Crippen LogP contribution in [0, 0.1) is 5.41 Å². The second-order valence-corrected chi connectivity index (χ2v) is 7.32. The molecule has 1 atom stereocenters. The number of nitrogens with two attached hydrogens (primary N) is 1. The number of rotatable bonds is 5. The highest BCUT2D eigenvalue weighted by Gasteiger charge is 2.33. The van der Waals surface area contributed by atoms with Crippen molar-refractivity contribution in [3.8, 4) is 5.75 Å². The van der Waals surface area contributed by atoms with Crippen LogP contribution in [0.2, 0.25) is 0 Å². The Hall–Kier alpha value is -2.08. The molecule has 0 spiro atoms. The van der Waals surface area contributed by atoms with Crippen molar-refractivity contribution in [1.29, 1.82) is 0 Å². The van der Waals surface area contributed by atoms with E-state index in [2.05, 4.69) is 10.6 Å². The first-order valence-corrected chi connectivity index (χ1v) is 9.07. The molecular weight excluding hydrogens is 318 g/mol. The van der Waals surface area contributed by atoms with Gasteiger partial charge in [0.2, 0.25) is 5.91 Å². The lowest BCUT2D eigenvalue weighted by atomic mass is 9.71. The van der Waals surface area contributed by atoms with Crippen LogP contribution in [-0.2, 0) is 9.59 Å². The average Bonchev–Trinajstić information content (AvgIpc) is 2.61. The van der Waals surface area contributed by atoms with Crippen LogP contribution < -0.4 is 21.1 Å². The Morgan fingerprint density at radius 2 is 2.12 bits per heavy atom. The molecule has 4 N–H and O–H groups in total. The Balaban J connectivity index is 1.63. The molecule has 1 heterocycles. The van der Waals surface area contributed by atoms with E-state index in [1.807, 2.05) is 25.1 Å². The molecule has 1 aromatic rings. The Kier molecular flexibility index (Phi) is 5.27. The lowest BCUT2D eigenvalue weighted by Crippen LogP contribution is -2.39. The zero-order valence-corrected chi connectivity index (χ0v) is 14.8. The number of fused-ring (bicyclic) bond motifs is 1. The van der Waals surface area contributed by atoms with Gasteiger partial charge in [0.25, 0.3) is 5.91 Å². The third kappa shape index (κ3) is 4.12. The van der Waals surface area contributed by atoms with E-state index in [1.54, 1.807) is 0 Å². The van der Waals surface area contributed by atoms with Gasteiger partial charge in [-0.15, -0.1) is 0 Å². The average molecular weight is 345 g/mol. The lowest BCUT2D eigenvalue weighted by molar-refractivity contribution is -0.124. The van der Waals surface area contributed by atoms with Gasteiger partial charge in [-0.25, -0.2) is 0 Å². The number of hydrogen-bond acceptors (Lipinski definition) is 4. The number of hydrogen-bond donors (Lipinski definition) is 3. The van der Waals surface area contributed by atoms with Gasteiger partial charge in [-0.2, -0.15) is 0 Å². The maximum atomic E-state index is 12.5. The molecule has 6 nitrogen and oxygen atoms in total. The first-order valence-electron chi connectivity index (χ1n) is 9.07. The van der Waals surface area contributed by atoms with E-state index in [0.717, 1.165) is 31.2 Å². The standard InChI is InChI=1S/C19H27N3O3/c1-13(14-5-6-16-15(9-14)22-18(24)11-25-16)21-17(23)10-19(12-20)7-3-2-4-8-19/h5-6,9,13H,2-4,7-8,10-12,20H2,1H3,(H,21,23)(H,22,24). The summed E-state index contributed by atoms with van der Waals surface area (Å²) >= 11 is 0. The maximum Gasteiger partial charge on any atom is 0.262 e. The molecule has 1 aliphatic heterocycles. The van der Waals surface area contributed by atoms with Crippen molar-refractivity contribution >= 4 is 17.5 Å². The summed E-state index contributed by atoms with van der Waals surface area (Å²) in [6.07, 6.45) is 6.11. The number of carbonyl (C=O) groups is 2. The molecule has 1 aliphatic carbocycles. The predicted octanol–water partition coefficient (Wildman–Crippen LogP) is 2.49. The highest BCUT2D eigenvalue weighted by atomic mass is 16.5. The summed E-state index contributed by atoms with van der Waals surface area (Å²) in [6, 6.07) is 5.46. The summed E-state index contributed by atoms with van der Waals surface area (Å²) in [5.41, 5.74) is 7.53. The first kappa shape index (κ1) is 17.7. The Labute approximate surface area is 148 Å². The summed E-state index contributed by atoms with van der Waals surface area (Å²) in [6.45, 7) is 2.55. The number of benzene rings is 1. The lowest BCUT2D eigenvalue weighted by Gasteiger charge is -2.36. The molecule has 0 aromatic heterocycles. The van der Waals surface area contributed by atoms with Crippen LogP contribution in [-0.4, -0.2) is 25.0 Å². The number of amides is 2. The largest absolute Gasteiger partial charge is 0.482 e. The van der Waals surface area contributed by atoms with E-state index < -0.39 is 0 Å². The fraction of sp³-hybridized carbons (Fsp3) is 0.579. The molecule has 2 aliphatic rings. The van der Waals surface area contributed by atoms with E-state index in [0.29, 0.717) is 24.4 Å². The van der Waals surface area contributed by atoms with Gasteiger partial charge in [-0.1, -0.05) is 25.3 Å². The fourth-order valence-electron chi connectivity index (χ4n) is 3.84. The third-order valence-corrected chi connectivity index (χ3v) is 5.40. The van der Waals surface area contributed by atoms with Gasteiger partial charge in [0, 0.05) is 6.42 Å². The van der Waals surface area contributed by atoms with E-state index in [4.69, 9.17) is 10.5 Å². The summed E-state index contributed by atoms with van der Waals surface area (Å²) < 4.78 is 5.37. The van der Waals surface area contributed by atoms with Crippen LogP contribution in [0.1, 0.15) is 57.1 Å². The molecule has 1 fully saturated rings. The van der Waals surface area contributed by atoms with E-state index in [1.165, 1.54) is 6.42 Å². The maximum absolute atomic E-state index is 12.5. The van der Waals surface area contributed by atoms with E-state index in [-0.39, 0.29) is 29.9 Å². The zero-order chi connectivity index (χ0) is 17.9. The normalized spacial score (nSPS) is 20.0. The van der Waals surface area contributed by atoms with Crippen LogP contribution >= 0.6 is 0 Å². The van der Waals surface area contributed by atoms with Crippen LogP contribution in [0.3, 0.4) is 0 Å². The predicted molar refractivity (Wildman–Crippen MR) is 96.3 cm³/mol. The van der Waals surface area contributed by atoms with E-state index in [9.17, 15) is 9.59 Å². The zero-order valence-electron chi connectivity index (χ0n) is 14.8. The summed E-state index contributed by atoms with van der Waals surface area (Å²) in [4.78, 5) is 24.0. The van der Waals surface area contributed by atoms with Gasteiger partial charge in [-0.05, 0) is 49.4 Å². The molecule has 1 saturated carbocycles. The summed E-state index contributed by atoms with van der Waals surface area (Å²) in [7, 11) is 0. The van der Waals surface area contributed by atoms with E-state index >= 15 is 0 Å². The van der Waals surface area contributed by atoms with Crippen molar-refractivity contribution in [2.24, 2.45) is 11.1 Å². The first-order chi connectivity index (χ1) is 12.0.